The number of nitrogens with zero attached hydrogens (tertiary/aromatic N) is 1. The molecule has 9 rings (SSSR count). The Bertz CT molecular complexity index is 5980. The van der Waals surface area contributed by atoms with Gasteiger partial charge < -0.3 is 156 Å². The third kappa shape index (κ3) is 36.7. The summed E-state index contributed by atoms with van der Waals surface area (Å²) in [7, 11) is 0. The molecule has 0 saturated heterocycles. The number of carbonyl (C=O) groups excluding carboxylic acids is 15. The molecule has 0 aliphatic carbocycles. The Labute approximate surface area is 862 Å². The predicted octanol–water partition coefficient (Wildman–Crippen LogP) is -1.23. The summed E-state index contributed by atoms with van der Waals surface area (Å²) in [6.07, 6.45) is 10.5. The number of carboxylic acid groups (broad SMARTS) is 1. The smallest absolute Gasteiger partial charge is 0.326 e. The lowest BCUT2D eigenvalue weighted by Crippen LogP contribution is -2.61. The first-order chi connectivity index (χ1) is 71.5. The largest absolute Gasteiger partial charge is 0.480 e. The quantitative estimate of drug-likeness (QED) is 0.0121. The number of carbonyl (C=O) groups is 16. The van der Waals surface area contributed by atoms with Crippen LogP contribution in [0.3, 0.4) is 0 Å². The monoisotopic (exact) mass is 2070 g/mol. The van der Waals surface area contributed by atoms with Crippen molar-refractivity contribution in [2.45, 2.75) is 260 Å². The summed E-state index contributed by atoms with van der Waals surface area (Å²) in [5.41, 5.74) is 52.4. The van der Waals surface area contributed by atoms with Gasteiger partial charge in [-0.1, -0.05) is 100 Å². The number of aromatic amines is 5. The summed E-state index contributed by atoms with van der Waals surface area (Å²) in [6.45, 7) is 6.68. The van der Waals surface area contributed by atoms with E-state index in [1.165, 1.54) is 26.4 Å². The van der Waals surface area contributed by atoms with E-state index in [2.05, 4.69) is 110 Å². The van der Waals surface area contributed by atoms with Gasteiger partial charge in [-0.25, -0.2) is 9.78 Å². The average molecular weight is 2070 g/mol. The molecule has 47 nitrogen and oxygen atoms in total. The Morgan fingerprint density at radius 1 is 0.329 bits per heavy atom. The molecule has 0 saturated carbocycles. The number of unbranched alkanes of at least 4 members (excludes halogenated alkanes) is 5. The summed E-state index contributed by atoms with van der Waals surface area (Å²) in [5.74, 6) is -16.2. The van der Waals surface area contributed by atoms with Crippen molar-refractivity contribution in [1.82, 2.24) is 110 Å². The molecule has 149 heavy (non-hydrogen) atoms. The minimum Gasteiger partial charge on any atom is -0.480 e. The first-order valence-electron chi connectivity index (χ1n) is 50.8. The van der Waals surface area contributed by atoms with E-state index >= 15 is 38.4 Å². The molecule has 0 radical (unpaired) electrons. The van der Waals surface area contributed by atoms with Gasteiger partial charge in [0, 0.05) is 113 Å². The lowest BCUT2D eigenvalue weighted by molar-refractivity contribution is -0.143. The molecule has 0 spiro atoms. The van der Waals surface area contributed by atoms with Crippen molar-refractivity contribution in [2.24, 2.45) is 57.7 Å². The van der Waals surface area contributed by atoms with Gasteiger partial charge in [0.25, 0.3) is 0 Å². The van der Waals surface area contributed by atoms with Crippen LogP contribution in [0.25, 0.3) is 43.6 Å². The highest BCUT2D eigenvalue weighted by atomic mass is 16.4. The number of guanidine groups is 1. The van der Waals surface area contributed by atoms with E-state index in [0.717, 1.165) is 0 Å². The Kier molecular flexibility index (Phi) is 47.4. The molecule has 5 aromatic heterocycles. The van der Waals surface area contributed by atoms with E-state index < -0.39 is 204 Å². The highest BCUT2D eigenvalue weighted by Crippen LogP contribution is 2.26. The van der Waals surface area contributed by atoms with Crippen LogP contribution in [0.15, 0.2) is 134 Å². The third-order valence-electron chi connectivity index (χ3n) is 25.8. The normalized spacial score (nSPS) is 14.3. The number of nitrogens with two attached hydrogens (primary N) is 8. The summed E-state index contributed by atoms with van der Waals surface area (Å²) in [4.78, 5) is 253. The maximum absolute atomic E-state index is 16.0. The number of nitrogens with one attached hydrogen (secondary N) is 21. The van der Waals surface area contributed by atoms with Crippen LogP contribution in [0, 0.1) is 17.2 Å². The van der Waals surface area contributed by atoms with E-state index in [0.29, 0.717) is 117 Å². The third-order valence-corrected chi connectivity index (χ3v) is 25.8. The number of primary amides is 1. The summed E-state index contributed by atoms with van der Waals surface area (Å²) < 4.78 is 0. The number of rotatable bonds is 67. The number of fused-ring (bicyclic) bond motifs is 4. The van der Waals surface area contributed by atoms with Gasteiger partial charge in [0.15, 0.2) is 5.96 Å². The molecule has 38 N–H and O–H groups in total. The molecule has 5 heterocycles. The Morgan fingerprint density at radius 2 is 0.611 bits per heavy atom. The second-order valence-corrected chi connectivity index (χ2v) is 37.9. The number of imidazole rings is 1. The number of hydrogen-bond acceptors (Lipinski definition) is 24. The molecule has 14 atom stereocenters. The number of benzene rings is 4. The molecule has 9 aromatic rings. The molecule has 0 aliphatic heterocycles. The van der Waals surface area contributed by atoms with Crippen LogP contribution in [-0.4, -0.2) is 266 Å². The Balaban J connectivity index is 1.01. The number of hydrogen-bond donors (Lipinski definition) is 30. The maximum Gasteiger partial charge on any atom is 0.326 e. The van der Waals surface area contributed by atoms with Crippen LogP contribution in [0.4, 0.5) is 0 Å². The zero-order chi connectivity index (χ0) is 108. The fraction of sp³-hybridized carbons (Fsp3) is 0.490. The first kappa shape index (κ1) is 117. The zero-order valence-corrected chi connectivity index (χ0v) is 84.7. The fourth-order valence-electron chi connectivity index (χ4n) is 17.4. The fourth-order valence-corrected chi connectivity index (χ4v) is 17.4. The lowest BCUT2D eigenvalue weighted by atomic mass is 10.00. The Hall–Kier alpha value is -15.2. The van der Waals surface area contributed by atoms with Gasteiger partial charge >= 0.3 is 5.97 Å². The van der Waals surface area contributed by atoms with Crippen LogP contribution in [0.5, 0.6) is 0 Å². The minimum absolute atomic E-state index is 0.0174. The van der Waals surface area contributed by atoms with Gasteiger partial charge in [-0.3, -0.25) is 77.3 Å². The van der Waals surface area contributed by atoms with Gasteiger partial charge in [0.1, 0.15) is 78.5 Å². The van der Waals surface area contributed by atoms with E-state index in [4.69, 9.17) is 51.3 Å². The number of H-pyrrole nitrogens is 5. The SMILES string of the molecule is CC(C)[C@H](N)C(=O)N[C@@H](CCCCN)C(=O)N[C@@H](Cc1c[nH]cn1)C(=O)N[C@@H](Cc1c[nH]c2ccccc12)C(=O)N[C@@H](CCCCN)C(=O)N[C@@H](CCCCN)C(=O)N[C@@H](Cc1c[nH]c2ccccc12)C(=O)N[C@@H](Cc1c[nH]c2ccccc12)C(=O)N[C@@H](CCCNC(=N)N)C(=O)N[C@@H](CCCCN)C(=O)N[C@@H](Cc1c[nH]c2ccccc12)C(=O)NCC(=O)N[C@@H](CCCCN)C(=O)N[C@@H](CC(N)=O)C(=O)N[C@H](C(=O)O)C(C)C. The summed E-state index contributed by atoms with van der Waals surface area (Å²) in [5, 5.41) is 61.4. The van der Waals surface area contributed by atoms with Crippen molar-refractivity contribution in [3.05, 3.63) is 162 Å². The molecule has 0 aliphatic rings. The van der Waals surface area contributed by atoms with Crippen LogP contribution < -0.4 is 126 Å². The van der Waals surface area contributed by atoms with Crippen molar-refractivity contribution in [1.29, 1.82) is 5.41 Å². The van der Waals surface area contributed by atoms with Gasteiger partial charge in [0.05, 0.1) is 31.0 Å². The molecular formula is C102H148N30O17. The van der Waals surface area contributed by atoms with E-state index in [-0.39, 0.29) is 141 Å². The van der Waals surface area contributed by atoms with Crippen molar-refractivity contribution in [3.8, 4) is 0 Å². The van der Waals surface area contributed by atoms with Gasteiger partial charge in [-0.05, 0) is 200 Å². The van der Waals surface area contributed by atoms with Crippen molar-refractivity contribution < 1.29 is 81.8 Å². The maximum atomic E-state index is 16.0. The second-order valence-electron chi connectivity index (χ2n) is 37.9. The molecule has 0 unspecified atom stereocenters. The minimum atomic E-state index is -1.69. The molecule has 47 heteroatoms. The zero-order valence-electron chi connectivity index (χ0n) is 84.7. The van der Waals surface area contributed by atoms with Crippen molar-refractivity contribution in [2.75, 3.05) is 45.8 Å². The topological polar surface area (TPSA) is 798 Å². The second kappa shape index (κ2) is 60.2. The van der Waals surface area contributed by atoms with Gasteiger partial charge in [-0.2, -0.15) is 0 Å². The van der Waals surface area contributed by atoms with Gasteiger partial charge in [0.2, 0.25) is 88.6 Å². The number of carboxylic acids is 1. The van der Waals surface area contributed by atoms with E-state index in [1.54, 1.807) is 117 Å². The molecule has 0 fully saturated rings. The summed E-state index contributed by atoms with van der Waals surface area (Å²) >= 11 is 0. The number of aromatic nitrogens is 6. The first-order valence-corrected chi connectivity index (χ1v) is 50.8. The average Bonchev–Trinajstić information content (AvgIpc) is 1.70. The highest BCUT2D eigenvalue weighted by molar-refractivity contribution is 6.02. The standard InChI is InChI=1S/C102H148N30O17/c1-57(2)86(109)100(147)125-76(36-17-22-42-107)94(141)130-82(48-63-54-112-56-119-63)98(145)129-80(46-61-52-116-70-30-11-7-26-66(61)70)95(142)123-73(33-14-19-39-104)90(137)121-75(35-16-21-41-106)93(140)127-81(47-62-53-117-71-31-12-8-27-67(62)71)97(144)128-79(45-60-51-115-69-29-10-6-25-65(60)69)96(143)124-77(37-23-43-113-102(110)111)91(138)122-74(34-15-20-40-105)92(139)126-78(44-59-50-114-68-28-9-5-24-64(59)68)88(135)118-55-85(134)120-72(32-13-18-38-103)89(136)131-83(49-84(108)133)99(146)132-87(58(3)4)101(148)149/h5-12,24-31,50-54,56-58,72-83,86-87,114-117H,13-23,32-49,55,103-107,109H2,1-4H3,(H2,108,133)(H,112,119)(H,118,135)(H,120,134)(H,121,137)(H,122,138)(H,123,142)(H,124,143)(H,125,147)(H,126,139)(H,127,140)(H,128,144)(H,129,145)(H,130,141)(H,131,136)(H,132,146)(H,148,149)(H4,110,111,113)/t72-,73-,74-,75-,76-,77-,78-,79-,80-,81-,82-,83-,86-,87-/m0/s1. The van der Waals surface area contributed by atoms with Crippen LogP contribution >= 0.6 is 0 Å². The lowest BCUT2D eigenvalue weighted by Gasteiger charge is -2.29. The van der Waals surface area contributed by atoms with E-state index in [9.17, 15) is 43.5 Å². The van der Waals surface area contributed by atoms with Gasteiger partial charge in [-0.15, -0.1) is 0 Å². The molecule has 808 valence electrons. The highest BCUT2D eigenvalue weighted by Gasteiger charge is 2.40. The van der Waals surface area contributed by atoms with Crippen molar-refractivity contribution in [3.63, 3.8) is 0 Å². The molecule has 0 bridgehead atoms. The van der Waals surface area contributed by atoms with Crippen LogP contribution in [0.1, 0.15) is 171 Å². The number of para-hydroxylation sites is 4. The Morgan fingerprint density at radius 3 is 0.906 bits per heavy atom. The number of amides is 15. The molecular weight excluding hydrogens is 1920 g/mol. The van der Waals surface area contributed by atoms with E-state index in [1.807, 2.05) is 18.2 Å². The predicted molar refractivity (Wildman–Crippen MR) is 561 cm³/mol. The molecule has 4 aromatic carbocycles. The molecule has 15 amide bonds. The number of aliphatic carboxylic acids is 1. The summed E-state index contributed by atoms with van der Waals surface area (Å²) in [6, 6.07) is 8.17. The van der Waals surface area contributed by atoms with Crippen molar-refractivity contribution >= 4 is 144 Å². The van der Waals surface area contributed by atoms with Crippen LogP contribution in [0.2, 0.25) is 0 Å². The van der Waals surface area contributed by atoms with Crippen LogP contribution in [-0.2, 0) is 109 Å².